The summed E-state index contributed by atoms with van der Waals surface area (Å²) in [7, 11) is -3.72. The van der Waals surface area contributed by atoms with Gasteiger partial charge in [0, 0.05) is 11.4 Å². The van der Waals surface area contributed by atoms with Crippen LogP contribution in [0, 0.1) is 20.8 Å². The van der Waals surface area contributed by atoms with Gasteiger partial charge in [0.1, 0.15) is 5.75 Å². The molecule has 0 saturated heterocycles. The largest absolute Gasteiger partial charge is 0.483 e. The molecule has 0 spiro atoms. The van der Waals surface area contributed by atoms with Gasteiger partial charge in [-0.15, -0.1) is 0 Å². The molecule has 3 aromatic rings. The van der Waals surface area contributed by atoms with Crippen LogP contribution >= 0.6 is 0 Å². The van der Waals surface area contributed by atoms with Gasteiger partial charge in [-0.2, -0.15) is 0 Å². The summed E-state index contributed by atoms with van der Waals surface area (Å²) in [6.45, 7) is 5.66. The summed E-state index contributed by atoms with van der Waals surface area (Å²) in [4.78, 5) is 12.3. The molecule has 0 fully saturated rings. The van der Waals surface area contributed by atoms with Gasteiger partial charge in [0.25, 0.3) is 15.9 Å². The van der Waals surface area contributed by atoms with Crippen LogP contribution in [0.15, 0.2) is 71.6 Å². The third kappa shape index (κ3) is 5.61. The van der Waals surface area contributed by atoms with Crippen molar-refractivity contribution in [2.24, 2.45) is 0 Å². The Labute approximate surface area is 177 Å². The number of carbonyl (C=O) groups is 1. The molecule has 30 heavy (non-hydrogen) atoms. The maximum Gasteiger partial charge on any atom is 0.262 e. The Morgan fingerprint density at radius 3 is 2.23 bits per heavy atom. The third-order valence-corrected chi connectivity index (χ3v) is 5.81. The van der Waals surface area contributed by atoms with Crippen molar-refractivity contribution in [2.75, 3.05) is 16.6 Å². The number of amides is 1. The number of sulfonamides is 1. The standard InChI is InChI=1S/C23H24N2O4S/c1-16-5-4-6-20(14-16)25-30(27,28)21-10-8-19(9-11-21)24-23(26)15-29-22-12-7-17(2)13-18(22)3/h4-14,25H,15H2,1-3H3,(H,24,26). The fourth-order valence-corrected chi connectivity index (χ4v) is 3.99. The van der Waals surface area contributed by atoms with E-state index in [2.05, 4.69) is 10.0 Å². The lowest BCUT2D eigenvalue weighted by molar-refractivity contribution is -0.118. The molecule has 1 amide bonds. The molecule has 0 bridgehead atoms. The van der Waals surface area contributed by atoms with E-state index < -0.39 is 10.0 Å². The maximum atomic E-state index is 12.5. The van der Waals surface area contributed by atoms with Crippen LogP contribution in [0.4, 0.5) is 11.4 Å². The second-order valence-corrected chi connectivity index (χ2v) is 8.79. The summed E-state index contributed by atoms with van der Waals surface area (Å²) >= 11 is 0. The first-order valence-corrected chi connectivity index (χ1v) is 10.9. The van der Waals surface area contributed by atoms with Crippen LogP contribution in [0.3, 0.4) is 0 Å². The highest BCUT2D eigenvalue weighted by Crippen LogP contribution is 2.20. The number of ether oxygens (including phenoxy) is 1. The quantitative estimate of drug-likeness (QED) is 0.588. The zero-order valence-corrected chi connectivity index (χ0v) is 17.9. The number of nitrogens with one attached hydrogen (secondary N) is 2. The molecule has 7 heteroatoms. The predicted octanol–water partition coefficient (Wildman–Crippen LogP) is 4.43. The zero-order chi connectivity index (χ0) is 21.7. The second kappa shape index (κ2) is 9.00. The number of rotatable bonds is 7. The van der Waals surface area contributed by atoms with Crippen LogP contribution < -0.4 is 14.8 Å². The average Bonchev–Trinajstić information content (AvgIpc) is 2.67. The van der Waals surface area contributed by atoms with Crippen molar-refractivity contribution >= 4 is 27.3 Å². The van der Waals surface area contributed by atoms with Gasteiger partial charge >= 0.3 is 0 Å². The Bertz CT molecular complexity index is 1160. The molecule has 0 aliphatic heterocycles. The van der Waals surface area contributed by atoms with E-state index in [0.717, 1.165) is 16.7 Å². The maximum absolute atomic E-state index is 12.5. The molecular formula is C23H24N2O4S. The van der Waals surface area contributed by atoms with E-state index in [-0.39, 0.29) is 17.4 Å². The first-order valence-electron chi connectivity index (χ1n) is 9.42. The average molecular weight is 425 g/mol. The summed E-state index contributed by atoms with van der Waals surface area (Å²) in [5.41, 5.74) is 4.01. The van der Waals surface area contributed by atoms with Gasteiger partial charge < -0.3 is 10.1 Å². The Morgan fingerprint density at radius 2 is 1.57 bits per heavy atom. The Kier molecular flexibility index (Phi) is 6.42. The summed E-state index contributed by atoms with van der Waals surface area (Å²) in [6, 6.07) is 18.8. The van der Waals surface area contributed by atoms with Crippen molar-refractivity contribution in [3.63, 3.8) is 0 Å². The minimum atomic E-state index is -3.72. The molecule has 0 saturated carbocycles. The molecule has 0 heterocycles. The first-order chi connectivity index (χ1) is 14.2. The van der Waals surface area contributed by atoms with Gasteiger partial charge in [0.15, 0.2) is 6.61 Å². The minimum Gasteiger partial charge on any atom is -0.483 e. The number of hydrogen-bond donors (Lipinski definition) is 2. The highest BCUT2D eigenvalue weighted by Gasteiger charge is 2.14. The lowest BCUT2D eigenvalue weighted by Gasteiger charge is -2.11. The topological polar surface area (TPSA) is 84.5 Å². The third-order valence-electron chi connectivity index (χ3n) is 4.41. The van der Waals surface area contributed by atoms with Gasteiger partial charge in [-0.05, 0) is 74.4 Å². The Balaban J connectivity index is 1.60. The summed E-state index contributed by atoms with van der Waals surface area (Å²) in [5.74, 6) is 0.322. The molecule has 2 N–H and O–H groups in total. The molecule has 0 aliphatic carbocycles. The monoisotopic (exact) mass is 424 g/mol. The van der Waals surface area contributed by atoms with Gasteiger partial charge in [-0.3, -0.25) is 9.52 Å². The van der Waals surface area contributed by atoms with Crippen LogP contribution in [0.5, 0.6) is 5.75 Å². The lowest BCUT2D eigenvalue weighted by Crippen LogP contribution is -2.20. The van der Waals surface area contributed by atoms with Crippen LogP contribution in [-0.2, 0) is 14.8 Å². The summed E-state index contributed by atoms with van der Waals surface area (Å²) in [5, 5.41) is 2.70. The Hall–Kier alpha value is -3.32. The molecule has 3 aromatic carbocycles. The van der Waals surface area contributed by atoms with E-state index in [1.165, 1.54) is 12.1 Å². The van der Waals surface area contributed by atoms with Gasteiger partial charge in [0.2, 0.25) is 0 Å². The molecule has 6 nitrogen and oxygen atoms in total. The van der Waals surface area contributed by atoms with Crippen LogP contribution in [0.1, 0.15) is 16.7 Å². The Morgan fingerprint density at radius 1 is 0.867 bits per heavy atom. The van der Waals surface area contributed by atoms with Crippen molar-refractivity contribution in [3.05, 3.63) is 83.4 Å². The molecule has 3 rings (SSSR count). The molecule has 0 unspecified atom stereocenters. The zero-order valence-electron chi connectivity index (χ0n) is 17.1. The van der Waals surface area contributed by atoms with Crippen molar-refractivity contribution in [1.29, 1.82) is 0 Å². The van der Waals surface area contributed by atoms with Crippen molar-refractivity contribution < 1.29 is 17.9 Å². The second-order valence-electron chi connectivity index (χ2n) is 7.11. The van der Waals surface area contributed by atoms with Crippen LogP contribution in [0.2, 0.25) is 0 Å². The fourth-order valence-electron chi connectivity index (χ4n) is 2.94. The normalized spacial score (nSPS) is 11.0. The van der Waals surface area contributed by atoms with E-state index in [4.69, 9.17) is 4.74 Å². The van der Waals surface area contributed by atoms with E-state index >= 15 is 0 Å². The number of carbonyl (C=O) groups excluding carboxylic acids is 1. The van der Waals surface area contributed by atoms with Crippen molar-refractivity contribution in [1.82, 2.24) is 0 Å². The van der Waals surface area contributed by atoms with Crippen LogP contribution in [-0.4, -0.2) is 20.9 Å². The first kappa shape index (κ1) is 21.4. The van der Waals surface area contributed by atoms with Gasteiger partial charge in [0.05, 0.1) is 4.90 Å². The molecule has 156 valence electrons. The number of benzene rings is 3. The molecular weight excluding hydrogens is 400 g/mol. The number of anilines is 2. The SMILES string of the molecule is Cc1cccc(NS(=O)(=O)c2ccc(NC(=O)COc3ccc(C)cc3C)cc2)c1. The number of aryl methyl sites for hydroxylation is 3. The fraction of sp³-hybridized carbons (Fsp3) is 0.174. The predicted molar refractivity (Wildman–Crippen MR) is 118 cm³/mol. The summed E-state index contributed by atoms with van der Waals surface area (Å²) in [6.07, 6.45) is 0. The van der Waals surface area contributed by atoms with E-state index in [1.54, 1.807) is 30.3 Å². The molecule has 0 aromatic heterocycles. The molecule has 0 aliphatic rings. The van der Waals surface area contributed by atoms with E-state index in [0.29, 0.717) is 17.1 Å². The van der Waals surface area contributed by atoms with E-state index in [1.807, 2.05) is 45.0 Å². The van der Waals surface area contributed by atoms with Crippen molar-refractivity contribution in [3.8, 4) is 5.75 Å². The van der Waals surface area contributed by atoms with E-state index in [9.17, 15) is 13.2 Å². The highest BCUT2D eigenvalue weighted by atomic mass is 32.2. The summed E-state index contributed by atoms with van der Waals surface area (Å²) < 4.78 is 33.2. The van der Waals surface area contributed by atoms with Gasteiger partial charge in [-0.1, -0.05) is 29.8 Å². The van der Waals surface area contributed by atoms with Crippen LogP contribution in [0.25, 0.3) is 0 Å². The minimum absolute atomic E-state index is 0.105. The molecule has 0 atom stereocenters. The highest BCUT2D eigenvalue weighted by molar-refractivity contribution is 7.92. The lowest BCUT2D eigenvalue weighted by atomic mass is 10.1. The number of hydrogen-bond acceptors (Lipinski definition) is 4. The molecule has 0 radical (unpaired) electrons. The van der Waals surface area contributed by atoms with Crippen molar-refractivity contribution in [2.45, 2.75) is 25.7 Å². The van der Waals surface area contributed by atoms with Gasteiger partial charge in [-0.25, -0.2) is 8.42 Å². The smallest absolute Gasteiger partial charge is 0.262 e.